The molecule has 1 N–H and O–H groups in total. The molecule has 0 bridgehead atoms. The molecule has 2 nitrogen and oxygen atoms in total. The standard InChI is InChI=1S/C13H9NOS2/c15-11-3-1-9(2-4-11)13-14-12(8-17-13)10-5-6-16-7-10/h1-8,15H. The van der Waals surface area contributed by atoms with E-state index in [0.717, 1.165) is 21.8 Å². The average molecular weight is 259 g/mol. The third-order valence-corrected chi connectivity index (χ3v) is 4.01. The predicted octanol–water partition coefficient (Wildman–Crippen LogP) is 4.24. The van der Waals surface area contributed by atoms with E-state index in [1.165, 1.54) is 0 Å². The maximum atomic E-state index is 9.24. The van der Waals surface area contributed by atoms with Crippen molar-refractivity contribution in [2.75, 3.05) is 0 Å². The van der Waals surface area contributed by atoms with Crippen molar-refractivity contribution in [2.24, 2.45) is 0 Å². The van der Waals surface area contributed by atoms with Gasteiger partial charge in [0.05, 0.1) is 5.69 Å². The lowest BCUT2D eigenvalue weighted by Crippen LogP contribution is -1.77. The number of phenols is 1. The molecule has 0 aliphatic heterocycles. The van der Waals surface area contributed by atoms with Crippen LogP contribution in [0.15, 0.2) is 46.5 Å². The van der Waals surface area contributed by atoms with Gasteiger partial charge in [-0.15, -0.1) is 11.3 Å². The third kappa shape index (κ3) is 2.09. The lowest BCUT2D eigenvalue weighted by Gasteiger charge is -1.96. The fourth-order valence-corrected chi connectivity index (χ4v) is 3.04. The van der Waals surface area contributed by atoms with Gasteiger partial charge in [-0.2, -0.15) is 11.3 Å². The molecule has 0 spiro atoms. The van der Waals surface area contributed by atoms with Gasteiger partial charge in [0, 0.05) is 21.9 Å². The average Bonchev–Trinajstić information content (AvgIpc) is 3.00. The predicted molar refractivity (Wildman–Crippen MR) is 72.5 cm³/mol. The minimum Gasteiger partial charge on any atom is -0.508 e. The molecule has 0 aliphatic carbocycles. The van der Waals surface area contributed by atoms with Gasteiger partial charge in [-0.05, 0) is 35.7 Å². The van der Waals surface area contributed by atoms with Crippen molar-refractivity contribution >= 4 is 22.7 Å². The van der Waals surface area contributed by atoms with Crippen LogP contribution >= 0.6 is 22.7 Å². The Hall–Kier alpha value is -1.65. The Labute approximate surface area is 107 Å². The Morgan fingerprint density at radius 2 is 1.76 bits per heavy atom. The molecule has 84 valence electrons. The molecule has 4 heteroatoms. The van der Waals surface area contributed by atoms with Crippen LogP contribution in [-0.4, -0.2) is 10.1 Å². The summed E-state index contributed by atoms with van der Waals surface area (Å²) < 4.78 is 0. The van der Waals surface area contributed by atoms with Gasteiger partial charge in [0.2, 0.25) is 0 Å². The number of nitrogens with zero attached hydrogens (tertiary/aromatic N) is 1. The van der Waals surface area contributed by atoms with Gasteiger partial charge in [0.25, 0.3) is 0 Å². The van der Waals surface area contributed by atoms with Crippen LogP contribution in [0.5, 0.6) is 5.75 Å². The summed E-state index contributed by atoms with van der Waals surface area (Å²) in [5.41, 5.74) is 3.21. The number of hydrogen-bond acceptors (Lipinski definition) is 4. The normalized spacial score (nSPS) is 10.6. The Bertz CT molecular complexity index is 611. The zero-order valence-corrected chi connectivity index (χ0v) is 10.5. The molecule has 0 fully saturated rings. The topological polar surface area (TPSA) is 33.1 Å². The monoisotopic (exact) mass is 259 g/mol. The number of aromatic hydroxyl groups is 1. The van der Waals surface area contributed by atoms with Crippen molar-refractivity contribution in [3.8, 4) is 27.6 Å². The highest BCUT2D eigenvalue weighted by atomic mass is 32.1. The summed E-state index contributed by atoms with van der Waals surface area (Å²) in [5.74, 6) is 0.281. The Morgan fingerprint density at radius 3 is 2.47 bits per heavy atom. The molecular formula is C13H9NOS2. The van der Waals surface area contributed by atoms with E-state index in [9.17, 15) is 5.11 Å². The van der Waals surface area contributed by atoms with Gasteiger partial charge in [0.1, 0.15) is 10.8 Å². The van der Waals surface area contributed by atoms with Crippen molar-refractivity contribution < 1.29 is 5.11 Å². The van der Waals surface area contributed by atoms with Crippen LogP contribution in [0.1, 0.15) is 0 Å². The summed E-state index contributed by atoms with van der Waals surface area (Å²) in [6.07, 6.45) is 0. The SMILES string of the molecule is Oc1ccc(-c2nc(-c3ccsc3)cs2)cc1. The van der Waals surface area contributed by atoms with Gasteiger partial charge in [-0.3, -0.25) is 0 Å². The summed E-state index contributed by atoms with van der Waals surface area (Å²) in [5, 5.41) is 16.4. The van der Waals surface area contributed by atoms with Crippen molar-refractivity contribution in [2.45, 2.75) is 0 Å². The number of benzene rings is 1. The molecule has 3 rings (SSSR count). The van der Waals surface area contributed by atoms with Crippen molar-refractivity contribution in [3.63, 3.8) is 0 Å². The Kier molecular flexibility index (Phi) is 2.66. The number of hydrogen-bond donors (Lipinski definition) is 1. The number of thiazole rings is 1. The molecular weight excluding hydrogens is 250 g/mol. The molecule has 1 aromatic carbocycles. The quantitative estimate of drug-likeness (QED) is 0.746. The maximum Gasteiger partial charge on any atom is 0.124 e. The summed E-state index contributed by atoms with van der Waals surface area (Å²) in [6.45, 7) is 0. The molecule has 2 aromatic heterocycles. The number of phenolic OH excluding ortho intramolecular Hbond substituents is 1. The molecule has 0 atom stereocenters. The highest BCUT2D eigenvalue weighted by Crippen LogP contribution is 2.30. The van der Waals surface area contributed by atoms with E-state index in [4.69, 9.17) is 0 Å². The first-order chi connectivity index (χ1) is 8.33. The smallest absolute Gasteiger partial charge is 0.124 e. The van der Waals surface area contributed by atoms with Crippen LogP contribution in [0, 0.1) is 0 Å². The fraction of sp³-hybridized carbons (Fsp3) is 0. The minimum atomic E-state index is 0.281. The second-order valence-electron chi connectivity index (χ2n) is 3.60. The molecule has 0 aliphatic rings. The van der Waals surface area contributed by atoms with Crippen LogP contribution in [-0.2, 0) is 0 Å². The van der Waals surface area contributed by atoms with Gasteiger partial charge in [-0.25, -0.2) is 4.98 Å². The lowest BCUT2D eigenvalue weighted by atomic mass is 10.2. The molecule has 0 saturated heterocycles. The van der Waals surface area contributed by atoms with Gasteiger partial charge < -0.3 is 5.11 Å². The first-order valence-electron chi connectivity index (χ1n) is 5.10. The highest BCUT2D eigenvalue weighted by Gasteiger charge is 2.06. The van der Waals surface area contributed by atoms with Crippen LogP contribution in [0.3, 0.4) is 0 Å². The Morgan fingerprint density at radius 1 is 0.941 bits per heavy atom. The number of thiophene rings is 1. The van der Waals surface area contributed by atoms with Crippen LogP contribution in [0.2, 0.25) is 0 Å². The van der Waals surface area contributed by atoms with E-state index in [0.29, 0.717) is 0 Å². The van der Waals surface area contributed by atoms with Crippen molar-refractivity contribution in [3.05, 3.63) is 46.5 Å². The molecule has 0 unspecified atom stereocenters. The largest absolute Gasteiger partial charge is 0.508 e. The van der Waals surface area contributed by atoms with Gasteiger partial charge in [0.15, 0.2) is 0 Å². The van der Waals surface area contributed by atoms with Crippen LogP contribution < -0.4 is 0 Å². The van der Waals surface area contributed by atoms with Crippen LogP contribution in [0.25, 0.3) is 21.8 Å². The van der Waals surface area contributed by atoms with E-state index in [1.54, 1.807) is 34.8 Å². The lowest BCUT2D eigenvalue weighted by molar-refractivity contribution is 0.475. The van der Waals surface area contributed by atoms with E-state index in [1.807, 2.05) is 12.1 Å². The van der Waals surface area contributed by atoms with E-state index < -0.39 is 0 Å². The first kappa shape index (κ1) is 10.5. The molecule has 0 amide bonds. The summed E-state index contributed by atoms with van der Waals surface area (Å²) in [4.78, 5) is 4.60. The van der Waals surface area contributed by atoms with E-state index in [2.05, 4.69) is 27.2 Å². The number of aromatic nitrogens is 1. The summed E-state index contributed by atoms with van der Waals surface area (Å²) in [7, 11) is 0. The zero-order chi connectivity index (χ0) is 11.7. The third-order valence-electron chi connectivity index (χ3n) is 2.44. The second-order valence-corrected chi connectivity index (χ2v) is 5.23. The molecule has 0 saturated carbocycles. The summed E-state index contributed by atoms with van der Waals surface area (Å²) in [6, 6.07) is 9.19. The fourth-order valence-electron chi connectivity index (χ4n) is 1.55. The second kappa shape index (κ2) is 4.31. The van der Waals surface area contributed by atoms with Gasteiger partial charge in [-0.1, -0.05) is 0 Å². The zero-order valence-electron chi connectivity index (χ0n) is 8.83. The number of rotatable bonds is 2. The van der Waals surface area contributed by atoms with E-state index >= 15 is 0 Å². The molecule has 17 heavy (non-hydrogen) atoms. The summed E-state index contributed by atoms with van der Waals surface area (Å²) >= 11 is 3.29. The van der Waals surface area contributed by atoms with E-state index in [-0.39, 0.29) is 5.75 Å². The highest BCUT2D eigenvalue weighted by molar-refractivity contribution is 7.13. The maximum absolute atomic E-state index is 9.24. The minimum absolute atomic E-state index is 0.281. The van der Waals surface area contributed by atoms with Crippen LogP contribution in [0.4, 0.5) is 0 Å². The van der Waals surface area contributed by atoms with Crippen molar-refractivity contribution in [1.29, 1.82) is 0 Å². The first-order valence-corrected chi connectivity index (χ1v) is 6.93. The Balaban J connectivity index is 1.98. The molecule has 0 radical (unpaired) electrons. The molecule has 3 aromatic rings. The van der Waals surface area contributed by atoms with Crippen molar-refractivity contribution in [1.82, 2.24) is 4.98 Å². The van der Waals surface area contributed by atoms with Gasteiger partial charge >= 0.3 is 0 Å². The molecule has 2 heterocycles.